The Morgan fingerprint density at radius 2 is 1.74 bits per heavy atom. The largest absolute Gasteiger partial charge is 0.417 e. The molecule has 172 valence electrons. The monoisotopic (exact) mass is 522 g/mol. The van der Waals surface area contributed by atoms with Crippen LogP contribution in [0, 0.1) is 10.3 Å². The lowest BCUT2D eigenvalue weighted by atomic mass is 9.83. The zero-order chi connectivity index (χ0) is 24.6. The van der Waals surface area contributed by atoms with Crippen LogP contribution in [0.1, 0.15) is 28.3 Å². The second kappa shape index (κ2) is 9.29. The smallest absolute Gasteiger partial charge is 0.302 e. The number of alkyl halides is 3. The van der Waals surface area contributed by atoms with Crippen molar-refractivity contribution in [3.63, 3.8) is 0 Å². The molecule has 1 N–H and O–H groups in total. The summed E-state index contributed by atoms with van der Waals surface area (Å²) < 4.78 is 40.8. The number of halogens is 6. The SMILES string of the molecule is N=C(c1cc(Cl)c(Cl)cn1)C(c1ccc(Cl)c(C(F)(F)F)c1)c1ccc2cccnc2c1N=O. The lowest BCUT2D eigenvalue weighted by Gasteiger charge is -2.22. The van der Waals surface area contributed by atoms with E-state index in [1.807, 2.05) is 0 Å². The van der Waals surface area contributed by atoms with Crippen LogP contribution in [0.25, 0.3) is 10.9 Å². The number of aromatic nitrogens is 2. The van der Waals surface area contributed by atoms with Crippen molar-refractivity contribution in [3.8, 4) is 0 Å². The van der Waals surface area contributed by atoms with Gasteiger partial charge in [-0.25, -0.2) is 0 Å². The van der Waals surface area contributed by atoms with E-state index in [0.717, 1.165) is 12.1 Å². The second-order valence-corrected chi connectivity index (χ2v) is 8.46. The summed E-state index contributed by atoms with van der Waals surface area (Å²) in [4.78, 5) is 20.2. The van der Waals surface area contributed by atoms with E-state index in [1.165, 1.54) is 30.6 Å². The minimum absolute atomic E-state index is 0.0507. The molecule has 2 aromatic heterocycles. The molecule has 0 saturated carbocycles. The maximum atomic E-state index is 13.6. The molecule has 5 nitrogen and oxygen atoms in total. The van der Waals surface area contributed by atoms with E-state index >= 15 is 0 Å². The second-order valence-electron chi connectivity index (χ2n) is 7.24. The molecule has 0 fully saturated rings. The summed E-state index contributed by atoms with van der Waals surface area (Å²) >= 11 is 17.8. The molecule has 0 bridgehead atoms. The van der Waals surface area contributed by atoms with E-state index in [0.29, 0.717) is 5.39 Å². The van der Waals surface area contributed by atoms with E-state index < -0.39 is 22.7 Å². The van der Waals surface area contributed by atoms with Crippen molar-refractivity contribution in [3.05, 3.63) is 103 Å². The summed E-state index contributed by atoms with van der Waals surface area (Å²) in [5.41, 5.74) is -0.873. The molecule has 4 rings (SSSR count). The molecule has 0 saturated heterocycles. The summed E-state index contributed by atoms with van der Waals surface area (Å²) in [6.45, 7) is 0. The van der Waals surface area contributed by atoms with Gasteiger partial charge in [0.25, 0.3) is 0 Å². The number of benzene rings is 2. The zero-order valence-corrected chi connectivity index (χ0v) is 19.1. The molecule has 2 heterocycles. The maximum absolute atomic E-state index is 13.6. The van der Waals surface area contributed by atoms with Crippen LogP contribution in [0.15, 0.2) is 66.1 Å². The standard InChI is InChI=1S/C23H12Cl3F3N4O/c24-15-6-4-12(8-14(15)23(27,28)29)19(20(30)18-9-16(25)17(26)10-32-18)13-5-3-11-2-1-7-31-21(11)22(13)33-34/h1-10,19,30H. The quantitative estimate of drug-likeness (QED) is 0.211. The van der Waals surface area contributed by atoms with Crippen molar-refractivity contribution in [1.82, 2.24) is 9.97 Å². The Labute approximate surface area is 206 Å². The van der Waals surface area contributed by atoms with Crippen LogP contribution in [-0.4, -0.2) is 15.7 Å². The van der Waals surface area contributed by atoms with Gasteiger partial charge < -0.3 is 5.41 Å². The fourth-order valence-electron chi connectivity index (χ4n) is 3.62. The van der Waals surface area contributed by atoms with Gasteiger partial charge in [0.05, 0.1) is 43.5 Å². The average molecular weight is 524 g/mol. The van der Waals surface area contributed by atoms with Crippen LogP contribution in [-0.2, 0) is 6.18 Å². The third-order valence-corrected chi connectivity index (χ3v) is 6.22. The Morgan fingerprint density at radius 3 is 2.41 bits per heavy atom. The first-order valence-electron chi connectivity index (χ1n) is 9.59. The molecule has 0 aliphatic heterocycles. The van der Waals surface area contributed by atoms with Gasteiger partial charge in [0.15, 0.2) is 0 Å². The molecule has 34 heavy (non-hydrogen) atoms. The highest BCUT2D eigenvalue weighted by Crippen LogP contribution is 2.42. The van der Waals surface area contributed by atoms with Crippen LogP contribution >= 0.6 is 34.8 Å². The van der Waals surface area contributed by atoms with Crippen LogP contribution in [0.3, 0.4) is 0 Å². The number of hydrogen-bond acceptors (Lipinski definition) is 5. The van der Waals surface area contributed by atoms with Gasteiger partial charge in [0.2, 0.25) is 0 Å². The maximum Gasteiger partial charge on any atom is 0.417 e. The first kappa shape index (κ1) is 24.1. The fourth-order valence-corrected chi connectivity index (χ4v) is 4.11. The summed E-state index contributed by atoms with van der Waals surface area (Å²) in [5.74, 6) is -1.18. The van der Waals surface area contributed by atoms with E-state index in [-0.39, 0.29) is 43.8 Å². The molecule has 1 atom stereocenters. The van der Waals surface area contributed by atoms with Crippen molar-refractivity contribution in [2.45, 2.75) is 12.1 Å². The molecule has 0 aliphatic rings. The summed E-state index contributed by atoms with van der Waals surface area (Å²) in [5, 5.41) is 12.3. The normalized spacial score (nSPS) is 12.5. The van der Waals surface area contributed by atoms with Crippen LogP contribution in [0.4, 0.5) is 18.9 Å². The molecule has 1 unspecified atom stereocenters. The van der Waals surface area contributed by atoms with Gasteiger partial charge in [0.1, 0.15) is 5.69 Å². The highest BCUT2D eigenvalue weighted by Gasteiger charge is 2.35. The molecular formula is C23H12Cl3F3N4O. The fraction of sp³-hybridized carbons (Fsp3) is 0.0870. The van der Waals surface area contributed by atoms with Gasteiger partial charge in [-0.3, -0.25) is 9.97 Å². The molecular weight excluding hydrogens is 512 g/mol. The van der Waals surface area contributed by atoms with Gasteiger partial charge in [-0.05, 0) is 40.6 Å². The molecule has 0 radical (unpaired) electrons. The summed E-state index contributed by atoms with van der Waals surface area (Å²) in [6, 6.07) is 11.2. The predicted octanol–water partition coefficient (Wildman–Crippen LogP) is 8.21. The summed E-state index contributed by atoms with van der Waals surface area (Å²) in [7, 11) is 0. The molecule has 0 amide bonds. The minimum atomic E-state index is -4.74. The molecule has 0 spiro atoms. The van der Waals surface area contributed by atoms with Crippen molar-refractivity contribution in [2.24, 2.45) is 5.18 Å². The van der Waals surface area contributed by atoms with Crippen LogP contribution < -0.4 is 0 Å². The molecule has 0 aliphatic carbocycles. The molecule has 2 aromatic carbocycles. The number of rotatable bonds is 5. The van der Waals surface area contributed by atoms with Crippen LogP contribution in [0.5, 0.6) is 0 Å². The number of nitrogens with zero attached hydrogens (tertiary/aromatic N) is 3. The number of pyridine rings is 2. The number of hydrogen-bond donors (Lipinski definition) is 1. The first-order valence-corrected chi connectivity index (χ1v) is 10.7. The van der Waals surface area contributed by atoms with Crippen LogP contribution in [0.2, 0.25) is 15.1 Å². The lowest BCUT2D eigenvalue weighted by molar-refractivity contribution is -0.137. The predicted molar refractivity (Wildman–Crippen MR) is 127 cm³/mol. The van der Waals surface area contributed by atoms with Crippen molar-refractivity contribution < 1.29 is 13.2 Å². The van der Waals surface area contributed by atoms with E-state index in [4.69, 9.17) is 40.2 Å². The number of nitrogens with one attached hydrogen (secondary N) is 1. The van der Waals surface area contributed by atoms with Gasteiger partial charge in [-0.2, -0.15) is 13.2 Å². The highest BCUT2D eigenvalue weighted by atomic mass is 35.5. The third-order valence-electron chi connectivity index (χ3n) is 5.18. The number of nitroso groups, excluding NO2 is 1. The lowest BCUT2D eigenvalue weighted by Crippen LogP contribution is -2.18. The summed E-state index contributed by atoms with van der Waals surface area (Å²) in [6.07, 6.45) is -2.04. The Kier molecular flexibility index (Phi) is 6.58. The Hall–Kier alpha value is -3.07. The van der Waals surface area contributed by atoms with Crippen molar-refractivity contribution in [1.29, 1.82) is 5.41 Å². The Morgan fingerprint density at radius 1 is 0.971 bits per heavy atom. The Balaban J connectivity index is 2.00. The Bertz CT molecular complexity index is 1440. The average Bonchev–Trinajstić information content (AvgIpc) is 2.81. The first-order chi connectivity index (χ1) is 16.1. The minimum Gasteiger partial charge on any atom is -0.302 e. The topological polar surface area (TPSA) is 79.1 Å². The van der Waals surface area contributed by atoms with Gasteiger partial charge in [0, 0.05) is 17.8 Å². The number of fused-ring (bicyclic) bond motifs is 1. The van der Waals surface area contributed by atoms with Gasteiger partial charge >= 0.3 is 6.18 Å². The van der Waals surface area contributed by atoms with E-state index in [9.17, 15) is 18.1 Å². The molecule has 11 heteroatoms. The van der Waals surface area contributed by atoms with Gasteiger partial charge in [-0.15, -0.1) is 4.91 Å². The highest BCUT2D eigenvalue weighted by molar-refractivity contribution is 6.42. The third kappa shape index (κ3) is 4.49. The van der Waals surface area contributed by atoms with E-state index in [2.05, 4.69) is 15.1 Å². The van der Waals surface area contributed by atoms with Crippen molar-refractivity contribution >= 4 is 57.1 Å². The van der Waals surface area contributed by atoms with Crippen molar-refractivity contribution in [2.75, 3.05) is 0 Å². The van der Waals surface area contributed by atoms with E-state index in [1.54, 1.807) is 18.2 Å². The van der Waals surface area contributed by atoms with Gasteiger partial charge in [-0.1, -0.05) is 59.1 Å². The zero-order valence-electron chi connectivity index (χ0n) is 16.9. The molecule has 4 aromatic rings.